The molecule has 2 rings (SSSR count). The molecule has 0 aliphatic heterocycles. The summed E-state index contributed by atoms with van der Waals surface area (Å²) >= 11 is 0.685. The van der Waals surface area contributed by atoms with Crippen molar-refractivity contribution in [3.8, 4) is 0 Å². The molecule has 2 aromatic rings. The molecule has 8 heteroatoms. The number of carboxylic acids is 1. The molecule has 0 bridgehead atoms. The Morgan fingerprint density at radius 3 is 2.30 bits per heavy atom. The molecule has 0 amide bonds. The Morgan fingerprint density at radius 1 is 1.15 bits per heavy atom. The highest BCUT2D eigenvalue weighted by Crippen LogP contribution is 2.24. The molecular weight excluding hydrogens is 302 g/mol. The Kier molecular flexibility index (Phi) is 4.07. The zero-order chi connectivity index (χ0) is 14.8. The number of aliphatic hydroxyl groups excluding tert-OH is 1. The summed E-state index contributed by atoms with van der Waals surface area (Å²) in [6.07, 6.45) is 0. The Labute approximate surface area is 119 Å². The first-order valence-electron chi connectivity index (χ1n) is 5.48. The van der Waals surface area contributed by atoms with Crippen LogP contribution in [-0.4, -0.2) is 24.6 Å². The largest absolute Gasteiger partial charge is 0.477 e. The lowest BCUT2D eigenvalue weighted by Gasteiger charge is -2.06. The van der Waals surface area contributed by atoms with Gasteiger partial charge in [0.25, 0.3) is 10.0 Å². The highest BCUT2D eigenvalue weighted by Gasteiger charge is 2.19. The molecule has 6 nitrogen and oxygen atoms in total. The van der Waals surface area contributed by atoms with Crippen LogP contribution in [0.3, 0.4) is 0 Å². The maximum absolute atomic E-state index is 12.0. The number of sulfonamides is 1. The minimum absolute atomic E-state index is 0.0407. The van der Waals surface area contributed by atoms with Gasteiger partial charge in [0.2, 0.25) is 0 Å². The molecule has 0 saturated heterocycles. The number of carboxylic acid groups (broad SMARTS) is 1. The molecule has 0 radical (unpaired) electrons. The lowest BCUT2D eigenvalue weighted by Crippen LogP contribution is -2.11. The number of rotatable bonds is 5. The zero-order valence-corrected chi connectivity index (χ0v) is 11.7. The molecule has 1 aromatic carbocycles. The van der Waals surface area contributed by atoms with Gasteiger partial charge in [-0.2, -0.15) is 0 Å². The highest BCUT2D eigenvalue weighted by molar-refractivity contribution is 7.94. The molecule has 106 valence electrons. The summed E-state index contributed by atoms with van der Waals surface area (Å²) in [6, 6.07) is 8.72. The van der Waals surface area contributed by atoms with Gasteiger partial charge in [-0.05, 0) is 29.8 Å². The van der Waals surface area contributed by atoms with Crippen LogP contribution in [0.1, 0.15) is 15.2 Å². The number of anilines is 1. The molecule has 20 heavy (non-hydrogen) atoms. The van der Waals surface area contributed by atoms with E-state index in [2.05, 4.69) is 4.72 Å². The number of hydrogen-bond acceptors (Lipinski definition) is 5. The van der Waals surface area contributed by atoms with E-state index in [0.29, 0.717) is 22.6 Å². The summed E-state index contributed by atoms with van der Waals surface area (Å²) in [5.41, 5.74) is 1.00. The van der Waals surface area contributed by atoms with Gasteiger partial charge in [0, 0.05) is 5.69 Å². The molecule has 0 unspecified atom stereocenters. The Bertz CT molecular complexity index is 719. The van der Waals surface area contributed by atoms with E-state index in [1.165, 1.54) is 24.3 Å². The first kappa shape index (κ1) is 14.5. The van der Waals surface area contributed by atoms with Crippen molar-refractivity contribution in [3.05, 3.63) is 46.8 Å². The molecule has 0 fully saturated rings. The lowest BCUT2D eigenvalue weighted by atomic mass is 10.2. The third kappa shape index (κ3) is 3.16. The Balaban J connectivity index is 2.23. The van der Waals surface area contributed by atoms with Crippen molar-refractivity contribution in [1.82, 2.24) is 0 Å². The normalized spacial score (nSPS) is 11.2. The van der Waals surface area contributed by atoms with E-state index >= 15 is 0 Å². The second-order valence-corrected chi connectivity index (χ2v) is 6.88. The van der Waals surface area contributed by atoms with Gasteiger partial charge in [-0.3, -0.25) is 4.72 Å². The van der Waals surface area contributed by atoms with Crippen LogP contribution in [0.4, 0.5) is 5.69 Å². The molecule has 1 aromatic heterocycles. The van der Waals surface area contributed by atoms with Crippen molar-refractivity contribution in [2.45, 2.75) is 10.8 Å². The topological polar surface area (TPSA) is 104 Å². The van der Waals surface area contributed by atoms with Crippen LogP contribution in [-0.2, 0) is 16.6 Å². The highest BCUT2D eigenvalue weighted by atomic mass is 32.2. The minimum Gasteiger partial charge on any atom is -0.477 e. The molecule has 0 spiro atoms. The molecule has 1 heterocycles. The van der Waals surface area contributed by atoms with Crippen molar-refractivity contribution >= 4 is 33.0 Å². The summed E-state index contributed by atoms with van der Waals surface area (Å²) < 4.78 is 26.4. The Hall–Kier alpha value is -1.90. The fourth-order valence-electron chi connectivity index (χ4n) is 1.46. The van der Waals surface area contributed by atoms with Crippen LogP contribution >= 0.6 is 11.3 Å². The van der Waals surface area contributed by atoms with E-state index in [9.17, 15) is 13.2 Å². The van der Waals surface area contributed by atoms with Gasteiger partial charge in [-0.25, -0.2) is 13.2 Å². The molecule has 0 atom stereocenters. The van der Waals surface area contributed by atoms with E-state index < -0.39 is 16.0 Å². The van der Waals surface area contributed by atoms with Crippen molar-refractivity contribution in [3.63, 3.8) is 0 Å². The lowest BCUT2D eigenvalue weighted by molar-refractivity contribution is 0.0702. The molecule has 0 aliphatic carbocycles. The summed E-state index contributed by atoms with van der Waals surface area (Å²) in [7, 11) is -3.80. The second-order valence-electron chi connectivity index (χ2n) is 3.88. The SMILES string of the molecule is O=C(O)c1ccc(S(=O)(=O)Nc2ccc(CO)cc2)s1. The second kappa shape index (κ2) is 5.61. The van der Waals surface area contributed by atoms with Crippen LogP contribution in [0.15, 0.2) is 40.6 Å². The van der Waals surface area contributed by atoms with E-state index in [-0.39, 0.29) is 15.7 Å². The summed E-state index contributed by atoms with van der Waals surface area (Å²) in [5, 5.41) is 17.7. The maximum atomic E-state index is 12.0. The maximum Gasteiger partial charge on any atom is 0.345 e. The molecular formula is C12H11NO5S2. The first-order chi connectivity index (χ1) is 9.42. The predicted octanol–water partition coefficient (Wildman–Crippen LogP) is 1.74. The monoisotopic (exact) mass is 313 g/mol. The number of thiophene rings is 1. The number of aliphatic hydroxyl groups is 1. The van der Waals surface area contributed by atoms with Gasteiger partial charge in [-0.15, -0.1) is 11.3 Å². The quantitative estimate of drug-likeness (QED) is 0.780. The van der Waals surface area contributed by atoms with Crippen LogP contribution in [0, 0.1) is 0 Å². The molecule has 0 aliphatic rings. The van der Waals surface area contributed by atoms with E-state index in [4.69, 9.17) is 10.2 Å². The van der Waals surface area contributed by atoms with Gasteiger partial charge < -0.3 is 10.2 Å². The van der Waals surface area contributed by atoms with Crippen LogP contribution < -0.4 is 4.72 Å². The van der Waals surface area contributed by atoms with Crippen molar-refractivity contribution in [2.24, 2.45) is 0 Å². The van der Waals surface area contributed by atoms with E-state index in [0.717, 1.165) is 0 Å². The number of benzene rings is 1. The Morgan fingerprint density at radius 2 is 1.80 bits per heavy atom. The average molecular weight is 313 g/mol. The predicted molar refractivity (Wildman–Crippen MR) is 74.5 cm³/mol. The van der Waals surface area contributed by atoms with E-state index in [1.54, 1.807) is 12.1 Å². The number of hydrogen-bond donors (Lipinski definition) is 3. The fraction of sp³-hybridized carbons (Fsp3) is 0.0833. The van der Waals surface area contributed by atoms with Crippen molar-refractivity contribution < 1.29 is 23.4 Å². The third-order valence-electron chi connectivity index (χ3n) is 2.45. The van der Waals surface area contributed by atoms with Gasteiger partial charge in [0.05, 0.1) is 6.61 Å². The van der Waals surface area contributed by atoms with Gasteiger partial charge in [-0.1, -0.05) is 12.1 Å². The van der Waals surface area contributed by atoms with Crippen LogP contribution in [0.25, 0.3) is 0 Å². The number of nitrogens with one attached hydrogen (secondary N) is 1. The summed E-state index contributed by atoms with van der Waals surface area (Å²) in [6.45, 7) is -0.125. The number of carbonyl (C=O) groups is 1. The van der Waals surface area contributed by atoms with Crippen LogP contribution in [0.2, 0.25) is 0 Å². The smallest absolute Gasteiger partial charge is 0.345 e. The zero-order valence-electron chi connectivity index (χ0n) is 10.1. The average Bonchev–Trinajstić information content (AvgIpc) is 2.90. The van der Waals surface area contributed by atoms with Gasteiger partial charge >= 0.3 is 5.97 Å². The standard InChI is InChI=1S/C12H11NO5S2/c14-7-8-1-3-9(4-2-8)13-20(17,18)11-6-5-10(19-11)12(15)16/h1-6,13-14H,7H2,(H,15,16). The first-order valence-corrected chi connectivity index (χ1v) is 7.78. The summed E-state index contributed by atoms with van der Waals surface area (Å²) in [5.74, 6) is -1.16. The molecule has 0 saturated carbocycles. The van der Waals surface area contributed by atoms with Crippen molar-refractivity contribution in [2.75, 3.05) is 4.72 Å². The van der Waals surface area contributed by atoms with Crippen LogP contribution in [0.5, 0.6) is 0 Å². The van der Waals surface area contributed by atoms with E-state index in [1.807, 2.05) is 0 Å². The fourth-order valence-corrected chi connectivity index (χ4v) is 3.67. The van der Waals surface area contributed by atoms with Crippen molar-refractivity contribution in [1.29, 1.82) is 0 Å². The minimum atomic E-state index is -3.80. The number of aromatic carboxylic acids is 1. The van der Waals surface area contributed by atoms with Gasteiger partial charge in [0.15, 0.2) is 0 Å². The third-order valence-corrected chi connectivity index (χ3v) is 5.39. The summed E-state index contributed by atoms with van der Waals surface area (Å²) in [4.78, 5) is 10.7. The van der Waals surface area contributed by atoms with Gasteiger partial charge in [0.1, 0.15) is 9.09 Å². The molecule has 3 N–H and O–H groups in total.